The Balaban J connectivity index is 0.00000280. The zero-order valence-corrected chi connectivity index (χ0v) is 19.1. The highest BCUT2D eigenvalue weighted by atomic mass is 127. The minimum absolute atomic E-state index is 0. The third-order valence-corrected chi connectivity index (χ3v) is 5.69. The Morgan fingerprint density at radius 3 is 2.54 bits per heavy atom. The number of aromatic nitrogens is 1. The van der Waals surface area contributed by atoms with Gasteiger partial charge in [-0.3, -0.25) is 9.20 Å². The van der Waals surface area contributed by atoms with Gasteiger partial charge in [0, 0.05) is 59.5 Å². The van der Waals surface area contributed by atoms with Crippen molar-refractivity contribution in [1.29, 1.82) is 0 Å². The normalized spacial score (nSPS) is 12.4. The molecule has 0 aliphatic carbocycles. The van der Waals surface area contributed by atoms with E-state index in [1.807, 2.05) is 36.4 Å². The SMILES string of the molecule is CN=C(NCCc1c[nH]c2ccccc12)NCCS(=O)Cc1ccccc1.I. The second kappa shape index (κ2) is 11.9. The predicted molar refractivity (Wildman–Crippen MR) is 130 cm³/mol. The molecule has 3 rings (SSSR count). The highest BCUT2D eigenvalue weighted by molar-refractivity contribution is 14.0. The van der Waals surface area contributed by atoms with E-state index in [1.54, 1.807) is 7.05 Å². The van der Waals surface area contributed by atoms with Gasteiger partial charge in [-0.2, -0.15) is 0 Å². The quantitative estimate of drug-likeness (QED) is 0.247. The molecule has 5 nitrogen and oxygen atoms in total. The molecule has 1 atom stereocenters. The van der Waals surface area contributed by atoms with Crippen LogP contribution in [0, 0.1) is 0 Å². The summed E-state index contributed by atoms with van der Waals surface area (Å²) >= 11 is 0. The molecule has 0 fully saturated rings. The van der Waals surface area contributed by atoms with Crippen molar-refractivity contribution in [2.45, 2.75) is 12.2 Å². The van der Waals surface area contributed by atoms with Gasteiger partial charge in [-0.25, -0.2) is 0 Å². The molecule has 3 N–H and O–H groups in total. The fourth-order valence-corrected chi connectivity index (χ4v) is 4.03. The molecule has 0 radical (unpaired) electrons. The van der Waals surface area contributed by atoms with Crippen LogP contribution in [0.2, 0.25) is 0 Å². The topological polar surface area (TPSA) is 69.3 Å². The Labute approximate surface area is 185 Å². The molecule has 28 heavy (non-hydrogen) atoms. The summed E-state index contributed by atoms with van der Waals surface area (Å²) in [5, 5.41) is 7.83. The van der Waals surface area contributed by atoms with E-state index >= 15 is 0 Å². The molecular weight excluding hydrogens is 483 g/mol. The van der Waals surface area contributed by atoms with Gasteiger partial charge in [-0.15, -0.1) is 24.0 Å². The van der Waals surface area contributed by atoms with Crippen LogP contribution in [0.15, 0.2) is 65.8 Å². The van der Waals surface area contributed by atoms with Crippen molar-refractivity contribution in [3.63, 3.8) is 0 Å². The standard InChI is InChI=1S/C21H26N4OS.HI/c1-22-21(24-13-14-27(26)16-17-7-3-2-4-8-17)23-12-11-18-15-25-20-10-6-5-9-19(18)20;/h2-10,15,25H,11-14,16H2,1H3,(H2,22,23,24);1H. The Morgan fingerprint density at radius 2 is 1.75 bits per heavy atom. The van der Waals surface area contributed by atoms with Crippen LogP contribution in [0.25, 0.3) is 10.9 Å². The van der Waals surface area contributed by atoms with Crippen LogP contribution >= 0.6 is 24.0 Å². The number of aliphatic imine (C=N–C) groups is 1. The summed E-state index contributed by atoms with van der Waals surface area (Å²) in [7, 11) is 0.867. The van der Waals surface area contributed by atoms with Crippen LogP contribution in [0.3, 0.4) is 0 Å². The Bertz CT molecular complexity index is 911. The summed E-state index contributed by atoms with van der Waals surface area (Å²) in [5.74, 6) is 1.93. The maximum absolute atomic E-state index is 12.2. The van der Waals surface area contributed by atoms with E-state index in [4.69, 9.17) is 0 Å². The van der Waals surface area contributed by atoms with Crippen molar-refractivity contribution in [2.24, 2.45) is 4.99 Å². The zero-order valence-electron chi connectivity index (χ0n) is 16.0. The highest BCUT2D eigenvalue weighted by Gasteiger charge is 2.05. The smallest absolute Gasteiger partial charge is 0.191 e. The van der Waals surface area contributed by atoms with Crippen molar-refractivity contribution >= 4 is 51.6 Å². The summed E-state index contributed by atoms with van der Waals surface area (Å²) < 4.78 is 12.2. The maximum atomic E-state index is 12.2. The van der Waals surface area contributed by atoms with Gasteiger partial charge in [-0.05, 0) is 23.6 Å². The van der Waals surface area contributed by atoms with Gasteiger partial charge in [0.2, 0.25) is 0 Å². The first kappa shape index (κ1) is 22.4. The Morgan fingerprint density at radius 1 is 1.04 bits per heavy atom. The van der Waals surface area contributed by atoms with Crippen molar-refractivity contribution in [1.82, 2.24) is 15.6 Å². The number of hydrogen-bond acceptors (Lipinski definition) is 2. The minimum Gasteiger partial charge on any atom is -0.361 e. The number of para-hydroxylation sites is 1. The van der Waals surface area contributed by atoms with Crippen LogP contribution in [-0.4, -0.2) is 41.0 Å². The van der Waals surface area contributed by atoms with Crippen molar-refractivity contribution in [2.75, 3.05) is 25.9 Å². The predicted octanol–water partition coefficient (Wildman–Crippen LogP) is 3.44. The van der Waals surface area contributed by atoms with Gasteiger partial charge in [0.05, 0.1) is 0 Å². The lowest BCUT2D eigenvalue weighted by Gasteiger charge is -2.11. The average molecular weight is 510 g/mol. The molecule has 1 heterocycles. The van der Waals surface area contributed by atoms with Crippen LogP contribution in [-0.2, 0) is 23.0 Å². The number of nitrogens with zero attached hydrogens (tertiary/aromatic N) is 1. The minimum atomic E-state index is -0.885. The number of rotatable bonds is 8. The molecule has 0 bridgehead atoms. The number of nitrogens with one attached hydrogen (secondary N) is 3. The first-order valence-corrected chi connectivity index (χ1v) is 10.6. The lowest BCUT2D eigenvalue weighted by atomic mass is 10.1. The molecule has 0 spiro atoms. The molecular formula is C21H27IN4OS. The summed E-state index contributed by atoms with van der Waals surface area (Å²) in [5.41, 5.74) is 3.56. The number of fused-ring (bicyclic) bond motifs is 1. The molecule has 7 heteroatoms. The second-order valence-corrected chi connectivity index (χ2v) is 7.89. The van der Waals surface area contributed by atoms with Gasteiger partial charge in [0.25, 0.3) is 0 Å². The fraction of sp³-hybridized carbons (Fsp3) is 0.286. The summed E-state index contributed by atoms with van der Waals surface area (Å²) in [6.07, 6.45) is 2.97. The van der Waals surface area contributed by atoms with E-state index < -0.39 is 10.8 Å². The molecule has 0 aliphatic rings. The molecule has 0 amide bonds. The van der Waals surface area contributed by atoms with E-state index in [1.165, 1.54) is 10.9 Å². The summed E-state index contributed by atoms with van der Waals surface area (Å²) in [6, 6.07) is 18.3. The van der Waals surface area contributed by atoms with Gasteiger partial charge in [-0.1, -0.05) is 48.5 Å². The van der Waals surface area contributed by atoms with E-state index in [0.29, 0.717) is 18.1 Å². The van der Waals surface area contributed by atoms with Crippen molar-refractivity contribution < 1.29 is 4.21 Å². The van der Waals surface area contributed by atoms with Crippen LogP contribution in [0.1, 0.15) is 11.1 Å². The zero-order chi connectivity index (χ0) is 18.9. The van der Waals surface area contributed by atoms with Crippen LogP contribution in [0.5, 0.6) is 0 Å². The fourth-order valence-electron chi connectivity index (χ4n) is 2.99. The van der Waals surface area contributed by atoms with E-state index in [-0.39, 0.29) is 24.0 Å². The van der Waals surface area contributed by atoms with E-state index in [9.17, 15) is 4.21 Å². The van der Waals surface area contributed by atoms with Gasteiger partial charge in [0.1, 0.15) is 0 Å². The monoisotopic (exact) mass is 510 g/mol. The average Bonchev–Trinajstić information content (AvgIpc) is 3.11. The number of hydrogen-bond donors (Lipinski definition) is 3. The molecule has 2 aromatic carbocycles. The molecule has 150 valence electrons. The van der Waals surface area contributed by atoms with E-state index in [0.717, 1.165) is 30.0 Å². The Hall–Kier alpha value is -1.87. The molecule has 0 aliphatic heterocycles. The number of benzene rings is 2. The van der Waals surface area contributed by atoms with Gasteiger partial charge >= 0.3 is 0 Å². The van der Waals surface area contributed by atoms with Crippen molar-refractivity contribution in [3.05, 3.63) is 71.9 Å². The first-order chi connectivity index (χ1) is 13.3. The maximum Gasteiger partial charge on any atom is 0.191 e. The largest absolute Gasteiger partial charge is 0.361 e. The number of aromatic amines is 1. The molecule has 0 saturated carbocycles. The second-order valence-electron chi connectivity index (χ2n) is 6.31. The van der Waals surface area contributed by atoms with E-state index in [2.05, 4.69) is 45.0 Å². The summed E-state index contributed by atoms with van der Waals surface area (Å²) in [4.78, 5) is 7.54. The molecule has 1 unspecified atom stereocenters. The van der Waals surface area contributed by atoms with Gasteiger partial charge < -0.3 is 15.6 Å². The highest BCUT2D eigenvalue weighted by Crippen LogP contribution is 2.17. The van der Waals surface area contributed by atoms with Crippen LogP contribution in [0.4, 0.5) is 0 Å². The molecule has 1 aromatic heterocycles. The lowest BCUT2D eigenvalue weighted by Crippen LogP contribution is -2.40. The number of halogens is 1. The summed E-state index contributed by atoms with van der Waals surface area (Å²) in [6.45, 7) is 1.42. The number of guanidine groups is 1. The Kier molecular flexibility index (Phi) is 9.49. The first-order valence-electron chi connectivity index (χ1n) is 9.14. The van der Waals surface area contributed by atoms with Crippen LogP contribution < -0.4 is 10.6 Å². The number of H-pyrrole nitrogens is 1. The third-order valence-electron chi connectivity index (χ3n) is 4.38. The van der Waals surface area contributed by atoms with Crippen molar-refractivity contribution in [3.8, 4) is 0 Å². The molecule has 3 aromatic rings. The third kappa shape index (κ3) is 6.63. The lowest BCUT2D eigenvalue weighted by molar-refractivity contribution is 0.680. The molecule has 0 saturated heterocycles. The van der Waals surface area contributed by atoms with Gasteiger partial charge in [0.15, 0.2) is 5.96 Å².